The van der Waals surface area contributed by atoms with Crippen LogP contribution in [0.4, 0.5) is 5.69 Å². The Morgan fingerprint density at radius 2 is 2.21 bits per heavy atom. The van der Waals surface area contributed by atoms with Crippen molar-refractivity contribution in [3.63, 3.8) is 0 Å². The average Bonchev–Trinajstić information content (AvgIpc) is 2.81. The van der Waals surface area contributed by atoms with Gasteiger partial charge in [-0.25, -0.2) is 0 Å². The third-order valence-electron chi connectivity index (χ3n) is 2.92. The number of amides is 1. The topological polar surface area (TPSA) is 80.9 Å². The van der Waals surface area contributed by atoms with E-state index in [1.165, 1.54) is 0 Å². The summed E-state index contributed by atoms with van der Waals surface area (Å²) in [5, 5.41) is 3.23. The maximum absolute atomic E-state index is 12.0. The first-order chi connectivity index (χ1) is 8.99. The fraction of sp³-hybridized carbons (Fsp3) is 0.417. The molecule has 2 aromatic rings. The second-order valence-electron chi connectivity index (χ2n) is 4.71. The molecule has 0 radical (unpaired) electrons. The van der Waals surface area contributed by atoms with E-state index < -0.39 is 0 Å². The molecule has 5 nitrogen and oxygen atoms in total. The zero-order valence-corrected chi connectivity index (χ0v) is 12.3. The van der Waals surface area contributed by atoms with Gasteiger partial charge in [-0.05, 0) is 18.1 Å². The van der Waals surface area contributed by atoms with Crippen LogP contribution in [0.2, 0.25) is 5.02 Å². The number of carbonyl (C=O) groups excluding carboxylic acids is 1. The molecule has 1 heterocycles. The van der Waals surface area contributed by atoms with Gasteiger partial charge in [-0.1, -0.05) is 25.4 Å². The Labute approximate surface area is 120 Å². The molecule has 102 valence electrons. The fourth-order valence-corrected chi connectivity index (χ4v) is 2.33. The van der Waals surface area contributed by atoms with Gasteiger partial charge >= 0.3 is 0 Å². The van der Waals surface area contributed by atoms with E-state index in [-0.39, 0.29) is 24.3 Å². The molecule has 0 aliphatic carbocycles. The third kappa shape index (κ3) is 3.20. The first kappa shape index (κ1) is 14.2. The highest BCUT2D eigenvalue weighted by Gasteiger charge is 2.16. The van der Waals surface area contributed by atoms with Crippen LogP contribution in [0.25, 0.3) is 11.0 Å². The summed E-state index contributed by atoms with van der Waals surface area (Å²) in [5.74, 6) is 0.0848. The molecule has 0 saturated carbocycles. The zero-order chi connectivity index (χ0) is 14.0. The van der Waals surface area contributed by atoms with Crippen molar-refractivity contribution in [3.05, 3.63) is 17.2 Å². The van der Waals surface area contributed by atoms with Crippen molar-refractivity contribution in [2.75, 3.05) is 5.32 Å². The largest absolute Gasteiger partial charge is 0.327 e. The molecule has 0 aliphatic rings. The van der Waals surface area contributed by atoms with Crippen LogP contribution in [0.15, 0.2) is 12.1 Å². The van der Waals surface area contributed by atoms with Crippen LogP contribution in [0.5, 0.6) is 0 Å². The number of fused-ring (bicyclic) bond motifs is 1. The molecule has 19 heavy (non-hydrogen) atoms. The summed E-state index contributed by atoms with van der Waals surface area (Å²) in [4.78, 5) is 12.0. The lowest BCUT2D eigenvalue weighted by Gasteiger charge is -2.15. The lowest BCUT2D eigenvalue weighted by atomic mass is 10.0. The number of benzene rings is 1. The molecular weight excluding hydrogens is 284 g/mol. The summed E-state index contributed by atoms with van der Waals surface area (Å²) in [7, 11) is 0. The van der Waals surface area contributed by atoms with Gasteiger partial charge < -0.3 is 11.1 Å². The van der Waals surface area contributed by atoms with Crippen LogP contribution in [0, 0.1) is 5.92 Å². The molecule has 0 bridgehead atoms. The summed E-state index contributed by atoms with van der Waals surface area (Å²) >= 11 is 7.18. The summed E-state index contributed by atoms with van der Waals surface area (Å²) < 4.78 is 8.26. The quantitative estimate of drug-likeness (QED) is 0.909. The number of halogens is 1. The molecule has 7 heteroatoms. The van der Waals surface area contributed by atoms with Crippen molar-refractivity contribution >= 4 is 46.0 Å². The van der Waals surface area contributed by atoms with Crippen molar-refractivity contribution in [2.24, 2.45) is 11.7 Å². The van der Waals surface area contributed by atoms with Crippen LogP contribution in [-0.2, 0) is 4.79 Å². The van der Waals surface area contributed by atoms with E-state index in [4.69, 9.17) is 17.3 Å². The lowest BCUT2D eigenvalue weighted by Crippen LogP contribution is -2.31. The van der Waals surface area contributed by atoms with Crippen molar-refractivity contribution < 1.29 is 4.79 Å². The Hall–Kier alpha value is -1.24. The van der Waals surface area contributed by atoms with Gasteiger partial charge in [0.1, 0.15) is 11.0 Å². The Bertz CT molecular complexity index is 598. The van der Waals surface area contributed by atoms with E-state index in [1.54, 1.807) is 12.1 Å². The number of rotatable bonds is 4. The summed E-state index contributed by atoms with van der Waals surface area (Å²) in [6.45, 7) is 3.96. The Balaban J connectivity index is 2.19. The molecule has 0 saturated heterocycles. The standard InChI is InChI=1S/C12H15ClN4OS/c1-6(2)8(14)5-10(18)15-11-7(13)3-4-9-12(11)17-19-16-9/h3-4,6,8H,5,14H2,1-2H3,(H,15,18). The van der Waals surface area contributed by atoms with Crippen LogP contribution in [-0.4, -0.2) is 20.7 Å². The minimum atomic E-state index is -0.175. The van der Waals surface area contributed by atoms with Gasteiger partial charge in [-0.15, -0.1) is 0 Å². The normalized spacial score (nSPS) is 12.9. The minimum Gasteiger partial charge on any atom is -0.327 e. The lowest BCUT2D eigenvalue weighted by molar-refractivity contribution is -0.116. The number of hydrogen-bond donors (Lipinski definition) is 2. The number of nitrogens with one attached hydrogen (secondary N) is 1. The number of carbonyl (C=O) groups is 1. The predicted molar refractivity (Wildman–Crippen MR) is 78.5 cm³/mol. The Kier molecular flexibility index (Phi) is 4.34. The minimum absolute atomic E-state index is 0.163. The molecular formula is C12H15ClN4OS. The van der Waals surface area contributed by atoms with Gasteiger partial charge in [0, 0.05) is 12.5 Å². The molecule has 0 spiro atoms. The highest BCUT2D eigenvalue weighted by Crippen LogP contribution is 2.30. The number of aromatic nitrogens is 2. The van der Waals surface area contributed by atoms with E-state index in [0.717, 1.165) is 17.2 Å². The van der Waals surface area contributed by atoms with Crippen molar-refractivity contribution in [2.45, 2.75) is 26.3 Å². The third-order valence-corrected chi connectivity index (χ3v) is 3.78. The van der Waals surface area contributed by atoms with Crippen LogP contribution >= 0.6 is 23.3 Å². The molecule has 1 unspecified atom stereocenters. The van der Waals surface area contributed by atoms with E-state index in [0.29, 0.717) is 16.2 Å². The zero-order valence-electron chi connectivity index (χ0n) is 10.7. The molecule has 2 rings (SSSR count). The summed E-state index contributed by atoms with van der Waals surface area (Å²) in [6, 6.07) is 3.30. The van der Waals surface area contributed by atoms with Crippen LogP contribution in [0.3, 0.4) is 0 Å². The number of anilines is 1. The molecule has 1 amide bonds. The van der Waals surface area contributed by atoms with Crippen molar-refractivity contribution in [3.8, 4) is 0 Å². The molecule has 3 N–H and O–H groups in total. The number of nitrogens with two attached hydrogens (primary N) is 1. The number of nitrogens with zero attached hydrogens (tertiary/aromatic N) is 2. The highest BCUT2D eigenvalue weighted by atomic mass is 35.5. The predicted octanol–water partition coefficient (Wildman–Crippen LogP) is 2.66. The maximum atomic E-state index is 12.0. The average molecular weight is 299 g/mol. The van der Waals surface area contributed by atoms with Gasteiger partial charge in [0.2, 0.25) is 5.91 Å². The van der Waals surface area contributed by atoms with Crippen molar-refractivity contribution in [1.82, 2.24) is 8.75 Å². The second kappa shape index (κ2) is 5.81. The molecule has 1 aromatic heterocycles. The highest BCUT2D eigenvalue weighted by molar-refractivity contribution is 7.00. The van der Waals surface area contributed by atoms with Crippen LogP contribution in [0.1, 0.15) is 20.3 Å². The first-order valence-electron chi connectivity index (χ1n) is 5.95. The molecule has 0 aliphatic heterocycles. The summed E-state index contributed by atoms with van der Waals surface area (Å²) in [6.07, 6.45) is 0.252. The maximum Gasteiger partial charge on any atom is 0.226 e. The molecule has 1 aromatic carbocycles. The van der Waals surface area contributed by atoms with E-state index in [9.17, 15) is 4.79 Å². The second-order valence-corrected chi connectivity index (χ2v) is 5.65. The van der Waals surface area contributed by atoms with E-state index in [2.05, 4.69) is 14.1 Å². The van der Waals surface area contributed by atoms with E-state index >= 15 is 0 Å². The van der Waals surface area contributed by atoms with Gasteiger partial charge in [0.15, 0.2) is 0 Å². The van der Waals surface area contributed by atoms with Gasteiger partial charge in [0.25, 0.3) is 0 Å². The smallest absolute Gasteiger partial charge is 0.226 e. The van der Waals surface area contributed by atoms with Gasteiger partial charge in [0.05, 0.1) is 22.4 Å². The monoisotopic (exact) mass is 298 g/mol. The first-order valence-corrected chi connectivity index (χ1v) is 7.06. The number of hydrogen-bond acceptors (Lipinski definition) is 5. The Morgan fingerprint density at radius 1 is 1.47 bits per heavy atom. The van der Waals surface area contributed by atoms with E-state index in [1.807, 2.05) is 13.8 Å². The molecule has 1 atom stereocenters. The van der Waals surface area contributed by atoms with Crippen LogP contribution < -0.4 is 11.1 Å². The summed E-state index contributed by atoms with van der Waals surface area (Å²) in [5.41, 5.74) is 7.73. The van der Waals surface area contributed by atoms with Crippen molar-refractivity contribution in [1.29, 1.82) is 0 Å². The van der Waals surface area contributed by atoms with Gasteiger partial charge in [-0.3, -0.25) is 4.79 Å². The fourth-order valence-electron chi connectivity index (χ4n) is 1.59. The SMILES string of the molecule is CC(C)C(N)CC(=O)Nc1c(Cl)ccc2nsnc12. The Morgan fingerprint density at radius 3 is 2.89 bits per heavy atom. The molecule has 0 fully saturated rings. The van der Waals surface area contributed by atoms with Gasteiger partial charge in [-0.2, -0.15) is 8.75 Å².